The maximum absolute atomic E-state index is 11.0. The number of amides is 3. The fourth-order valence-corrected chi connectivity index (χ4v) is 0.566. The molecular weight excluding hydrogens is 172 g/mol. The van der Waals surface area contributed by atoms with Crippen molar-refractivity contribution < 1.29 is 14.7 Å². The number of hydrogen-bond donors (Lipinski definition) is 2. The van der Waals surface area contributed by atoms with E-state index in [4.69, 9.17) is 5.11 Å². The summed E-state index contributed by atoms with van der Waals surface area (Å²) in [6.45, 7) is 6.80. The van der Waals surface area contributed by atoms with Crippen LogP contribution in [-0.4, -0.2) is 35.2 Å². The van der Waals surface area contributed by atoms with E-state index >= 15 is 0 Å². The third kappa shape index (κ3) is 3.53. The van der Waals surface area contributed by atoms with Gasteiger partial charge in [-0.1, -0.05) is 12.7 Å². The third-order valence-electron chi connectivity index (χ3n) is 1.19. The highest BCUT2D eigenvalue weighted by molar-refractivity contribution is 5.85. The first-order valence-corrected chi connectivity index (χ1v) is 3.53. The lowest BCUT2D eigenvalue weighted by Crippen LogP contribution is -2.44. The summed E-state index contributed by atoms with van der Waals surface area (Å²) in [5.41, 5.74) is 0. The van der Waals surface area contributed by atoms with Gasteiger partial charge in [-0.3, -0.25) is 4.79 Å². The molecule has 0 saturated heterocycles. The Kier molecular flexibility index (Phi) is 5.22. The third-order valence-corrected chi connectivity index (χ3v) is 1.19. The molecule has 71 valence electrons. The van der Waals surface area contributed by atoms with Crippen LogP contribution < -0.4 is 5.32 Å². The Morgan fingerprint density at radius 1 is 1.69 bits per heavy atom. The van der Waals surface area contributed by atoms with Crippen molar-refractivity contribution in [2.75, 3.05) is 6.54 Å². The summed E-state index contributed by atoms with van der Waals surface area (Å²) in [5.74, 6) is 0. The fraction of sp³-hybridized carbons (Fsp3) is 0.250. The predicted molar refractivity (Wildman–Crippen MR) is 47.3 cm³/mol. The lowest BCUT2D eigenvalue weighted by Gasteiger charge is -2.17. The van der Waals surface area contributed by atoms with Crippen molar-refractivity contribution in [1.82, 2.24) is 10.2 Å². The molecule has 0 aliphatic carbocycles. The van der Waals surface area contributed by atoms with Crippen LogP contribution in [0.2, 0.25) is 0 Å². The Hall–Kier alpha value is -1.62. The van der Waals surface area contributed by atoms with Crippen molar-refractivity contribution in [2.45, 2.75) is 6.23 Å². The van der Waals surface area contributed by atoms with E-state index in [-0.39, 0.29) is 6.54 Å². The molecular formula is C8H11N2O3. The van der Waals surface area contributed by atoms with Crippen LogP contribution in [0.3, 0.4) is 0 Å². The summed E-state index contributed by atoms with van der Waals surface area (Å²) in [5, 5.41) is 11.3. The molecule has 0 saturated carbocycles. The molecule has 0 heterocycles. The molecule has 0 aromatic rings. The van der Waals surface area contributed by atoms with Crippen LogP contribution in [0.15, 0.2) is 25.3 Å². The average Bonchev–Trinajstić information content (AvgIpc) is 2.15. The highest BCUT2D eigenvalue weighted by Crippen LogP contribution is 1.93. The van der Waals surface area contributed by atoms with Crippen LogP contribution in [-0.2, 0) is 4.79 Å². The van der Waals surface area contributed by atoms with Gasteiger partial charge in [-0.05, 0) is 6.08 Å². The molecule has 0 bridgehead atoms. The zero-order chi connectivity index (χ0) is 10.3. The molecule has 0 aromatic carbocycles. The molecule has 1 unspecified atom stereocenters. The molecule has 5 heteroatoms. The van der Waals surface area contributed by atoms with E-state index < -0.39 is 12.3 Å². The summed E-state index contributed by atoms with van der Waals surface area (Å²) in [4.78, 5) is 21.7. The summed E-state index contributed by atoms with van der Waals surface area (Å²) in [6, 6.07) is -0.748. The molecule has 13 heavy (non-hydrogen) atoms. The van der Waals surface area contributed by atoms with Crippen molar-refractivity contribution in [3.8, 4) is 0 Å². The number of aliphatic hydroxyl groups excluding tert-OH is 1. The average molecular weight is 183 g/mol. The number of aliphatic hydroxyl groups is 1. The van der Waals surface area contributed by atoms with E-state index in [1.54, 1.807) is 0 Å². The minimum atomic E-state index is -1.36. The van der Waals surface area contributed by atoms with E-state index in [0.717, 1.165) is 6.08 Å². The van der Waals surface area contributed by atoms with Crippen LogP contribution in [0.1, 0.15) is 0 Å². The number of hydrogen-bond acceptors (Lipinski definition) is 3. The van der Waals surface area contributed by atoms with Gasteiger partial charge in [-0.15, -0.1) is 6.58 Å². The maximum atomic E-state index is 11.0. The molecule has 0 spiro atoms. The molecule has 2 N–H and O–H groups in total. The topological polar surface area (TPSA) is 69.6 Å². The summed E-state index contributed by atoms with van der Waals surface area (Å²) in [7, 11) is 0. The van der Waals surface area contributed by atoms with E-state index in [0.29, 0.717) is 4.90 Å². The number of nitrogens with zero attached hydrogens (tertiary/aromatic N) is 1. The van der Waals surface area contributed by atoms with E-state index in [9.17, 15) is 9.59 Å². The second-order valence-corrected chi connectivity index (χ2v) is 2.09. The van der Waals surface area contributed by atoms with Crippen molar-refractivity contribution in [3.63, 3.8) is 0 Å². The molecule has 0 aliphatic rings. The Morgan fingerprint density at radius 2 is 2.31 bits per heavy atom. The Morgan fingerprint density at radius 3 is 2.69 bits per heavy atom. The quantitative estimate of drug-likeness (QED) is 0.351. The highest BCUT2D eigenvalue weighted by atomic mass is 16.3. The number of carbonyl (C=O) groups is 1. The minimum Gasteiger partial charge on any atom is -0.369 e. The normalized spacial score (nSPS) is 11.2. The van der Waals surface area contributed by atoms with Crippen LogP contribution in [0.5, 0.6) is 0 Å². The molecule has 5 nitrogen and oxygen atoms in total. The van der Waals surface area contributed by atoms with Gasteiger partial charge in [-0.2, -0.15) is 0 Å². The number of imide groups is 1. The minimum absolute atomic E-state index is 0.209. The van der Waals surface area contributed by atoms with Gasteiger partial charge < -0.3 is 10.4 Å². The van der Waals surface area contributed by atoms with Gasteiger partial charge >= 0.3 is 12.4 Å². The molecule has 0 aromatic heterocycles. The monoisotopic (exact) mass is 183 g/mol. The zero-order valence-corrected chi connectivity index (χ0v) is 7.06. The van der Waals surface area contributed by atoms with Crippen molar-refractivity contribution >= 4 is 12.4 Å². The lowest BCUT2D eigenvalue weighted by molar-refractivity contribution is 0.109. The van der Waals surface area contributed by atoms with Gasteiger partial charge in [0.25, 0.3) is 0 Å². The summed E-state index contributed by atoms with van der Waals surface area (Å²) < 4.78 is 0. The second kappa shape index (κ2) is 5.96. The number of rotatable bonds is 5. The van der Waals surface area contributed by atoms with E-state index in [2.05, 4.69) is 18.5 Å². The van der Waals surface area contributed by atoms with Crippen LogP contribution >= 0.6 is 0 Å². The largest absolute Gasteiger partial charge is 0.369 e. The van der Waals surface area contributed by atoms with E-state index in [1.807, 2.05) is 0 Å². The molecule has 0 fully saturated rings. The molecule has 1 atom stereocenters. The standard InChI is InChI=1S/C8H11N2O3/c1-3-5-9-8(13)10(6-11)7(12)4-2/h3-4,7,12H,1-2,5H2,(H,9,13). The van der Waals surface area contributed by atoms with Crippen molar-refractivity contribution in [3.05, 3.63) is 25.3 Å². The predicted octanol–water partition coefficient (Wildman–Crippen LogP) is -0.244. The molecule has 0 rings (SSSR count). The highest BCUT2D eigenvalue weighted by Gasteiger charge is 2.18. The van der Waals surface area contributed by atoms with Gasteiger partial charge in [0.1, 0.15) is 0 Å². The first kappa shape index (κ1) is 11.4. The Labute approximate surface area is 76.3 Å². The molecule has 0 aliphatic heterocycles. The van der Waals surface area contributed by atoms with Crippen molar-refractivity contribution in [1.29, 1.82) is 0 Å². The Bertz CT molecular complexity index is 215. The van der Waals surface area contributed by atoms with Crippen LogP contribution in [0.25, 0.3) is 0 Å². The molecule has 3 amide bonds. The van der Waals surface area contributed by atoms with Crippen LogP contribution in [0.4, 0.5) is 4.79 Å². The van der Waals surface area contributed by atoms with Gasteiger partial charge in [0.05, 0.1) is 0 Å². The number of urea groups is 1. The summed E-state index contributed by atoms with van der Waals surface area (Å²) >= 11 is 0. The lowest BCUT2D eigenvalue weighted by atomic mass is 10.5. The van der Waals surface area contributed by atoms with Crippen molar-refractivity contribution in [2.24, 2.45) is 0 Å². The summed E-state index contributed by atoms with van der Waals surface area (Å²) in [6.07, 6.45) is 2.40. The first-order valence-electron chi connectivity index (χ1n) is 3.53. The number of nitrogens with one attached hydrogen (secondary N) is 1. The smallest absolute Gasteiger partial charge is 0.327 e. The molecule has 1 radical (unpaired) electrons. The maximum Gasteiger partial charge on any atom is 0.327 e. The zero-order valence-electron chi connectivity index (χ0n) is 7.06. The van der Waals surface area contributed by atoms with Gasteiger partial charge in [0, 0.05) is 6.54 Å². The number of carbonyl (C=O) groups excluding carboxylic acids is 2. The van der Waals surface area contributed by atoms with Gasteiger partial charge in [0.15, 0.2) is 6.23 Å². The SMILES string of the molecule is C=CCNC(=O)N([C]=O)C(O)C=C. The van der Waals surface area contributed by atoms with Gasteiger partial charge in [-0.25, -0.2) is 9.69 Å². The first-order chi connectivity index (χ1) is 6.17. The Balaban J connectivity index is 4.21. The second-order valence-electron chi connectivity index (χ2n) is 2.09. The van der Waals surface area contributed by atoms with Gasteiger partial charge in [0.2, 0.25) is 0 Å². The van der Waals surface area contributed by atoms with E-state index in [1.165, 1.54) is 12.5 Å². The fourth-order valence-electron chi connectivity index (χ4n) is 0.566. The van der Waals surface area contributed by atoms with Crippen LogP contribution in [0, 0.1) is 0 Å².